The summed E-state index contributed by atoms with van der Waals surface area (Å²) < 4.78 is 23.8. The molecule has 0 aromatic carbocycles. The van der Waals surface area contributed by atoms with E-state index in [0.29, 0.717) is 26.4 Å². The molecule has 0 aliphatic carbocycles. The summed E-state index contributed by atoms with van der Waals surface area (Å²) in [7, 11) is 2.30. The standard InChI is InChI=1S/C34H66NO6/c1-4-5-6-7-8-9-10-11-12-13-14-15-16-17-18-21-25-39-30-33(41-34(37)29-32(2)36)31-40-28-27-38-26-24-35(3)22-19-20-23-35/h33H,4-31H2,1-3H3/q+1. The molecule has 7 heteroatoms. The number of ether oxygens (including phenoxy) is 4. The first-order valence-electron chi connectivity index (χ1n) is 17.2. The topological polar surface area (TPSA) is 71.1 Å². The Kier molecular flexibility index (Phi) is 24.7. The number of likely N-dealkylation sites (N-methyl/N-ethyl adjacent to an activating group) is 1. The van der Waals surface area contributed by atoms with E-state index < -0.39 is 12.1 Å². The summed E-state index contributed by atoms with van der Waals surface area (Å²) in [6.45, 7) is 10.1. The lowest BCUT2D eigenvalue weighted by molar-refractivity contribution is -0.898. The maximum atomic E-state index is 12.0. The van der Waals surface area contributed by atoms with Gasteiger partial charge in [-0.3, -0.25) is 9.59 Å². The fourth-order valence-electron chi connectivity index (χ4n) is 5.56. The highest BCUT2D eigenvalue weighted by Gasteiger charge is 2.26. The van der Waals surface area contributed by atoms with Crippen LogP contribution in [-0.4, -0.2) is 88.7 Å². The predicted octanol–water partition coefficient (Wildman–Crippen LogP) is 7.43. The molecule has 7 nitrogen and oxygen atoms in total. The number of esters is 1. The first-order chi connectivity index (χ1) is 19.9. The maximum Gasteiger partial charge on any atom is 0.313 e. The number of rotatable bonds is 30. The van der Waals surface area contributed by atoms with Gasteiger partial charge in [0.2, 0.25) is 0 Å². The number of nitrogens with zero attached hydrogens (tertiary/aromatic N) is 1. The summed E-state index contributed by atoms with van der Waals surface area (Å²) in [5, 5.41) is 0. The van der Waals surface area contributed by atoms with Gasteiger partial charge in [-0.05, 0) is 13.3 Å². The molecule has 0 saturated carbocycles. The number of Topliss-reactive ketones (excluding diaryl/α,β-unsaturated/α-hetero) is 1. The molecule has 0 aromatic rings. The van der Waals surface area contributed by atoms with Gasteiger partial charge in [-0.25, -0.2) is 0 Å². The molecular formula is C34H66NO6+. The molecule has 1 saturated heterocycles. The van der Waals surface area contributed by atoms with Gasteiger partial charge in [0.1, 0.15) is 24.9 Å². The van der Waals surface area contributed by atoms with Gasteiger partial charge >= 0.3 is 5.97 Å². The minimum absolute atomic E-state index is 0.202. The molecular weight excluding hydrogens is 518 g/mol. The number of carbonyl (C=O) groups is 2. The Bertz CT molecular complexity index is 622. The number of carbonyl (C=O) groups excluding carboxylic acids is 2. The molecule has 1 heterocycles. The van der Waals surface area contributed by atoms with Crippen molar-refractivity contribution in [1.29, 1.82) is 0 Å². The van der Waals surface area contributed by atoms with Crippen LogP contribution in [0.3, 0.4) is 0 Å². The van der Waals surface area contributed by atoms with E-state index in [9.17, 15) is 9.59 Å². The highest BCUT2D eigenvalue weighted by Crippen LogP contribution is 2.16. The van der Waals surface area contributed by atoms with Crippen molar-refractivity contribution in [2.75, 3.05) is 66.3 Å². The molecule has 0 aromatic heterocycles. The van der Waals surface area contributed by atoms with Crippen molar-refractivity contribution < 1.29 is 33.0 Å². The van der Waals surface area contributed by atoms with Crippen LogP contribution in [0.4, 0.5) is 0 Å². The van der Waals surface area contributed by atoms with Gasteiger partial charge in [-0.1, -0.05) is 103 Å². The second-order valence-corrected chi connectivity index (χ2v) is 12.6. The molecule has 1 rings (SSSR count). The van der Waals surface area contributed by atoms with E-state index in [2.05, 4.69) is 14.0 Å². The molecule has 1 aliphatic heterocycles. The molecule has 1 unspecified atom stereocenters. The second kappa shape index (κ2) is 26.6. The molecule has 242 valence electrons. The molecule has 0 spiro atoms. The summed E-state index contributed by atoms with van der Waals surface area (Å²) >= 11 is 0. The Morgan fingerprint density at radius 1 is 0.634 bits per heavy atom. The summed E-state index contributed by atoms with van der Waals surface area (Å²) in [5.74, 6) is -0.720. The molecule has 0 amide bonds. The Balaban J connectivity index is 2.00. The van der Waals surface area contributed by atoms with Crippen molar-refractivity contribution in [3.8, 4) is 0 Å². The minimum atomic E-state index is -0.518. The lowest BCUT2D eigenvalue weighted by Gasteiger charge is -2.28. The first-order valence-corrected chi connectivity index (χ1v) is 17.2. The zero-order chi connectivity index (χ0) is 29.9. The van der Waals surface area contributed by atoms with Crippen molar-refractivity contribution >= 4 is 11.8 Å². The molecule has 0 N–H and O–H groups in total. The van der Waals surface area contributed by atoms with E-state index in [4.69, 9.17) is 18.9 Å². The highest BCUT2D eigenvalue weighted by molar-refractivity contribution is 5.94. The zero-order valence-corrected chi connectivity index (χ0v) is 27.3. The third-order valence-corrected chi connectivity index (χ3v) is 8.23. The number of hydrogen-bond acceptors (Lipinski definition) is 6. The molecule has 1 atom stereocenters. The van der Waals surface area contributed by atoms with Gasteiger partial charge in [0.15, 0.2) is 0 Å². The SMILES string of the molecule is CCCCCCCCCCCCCCCCCCOCC(COCCOCC[N+]1(C)CCCC1)OC(=O)CC(C)=O. The van der Waals surface area contributed by atoms with Crippen molar-refractivity contribution in [2.45, 2.75) is 142 Å². The van der Waals surface area contributed by atoms with Crippen LogP contribution in [0, 0.1) is 0 Å². The predicted molar refractivity (Wildman–Crippen MR) is 167 cm³/mol. The number of likely N-dealkylation sites (tertiary alicyclic amines) is 1. The fraction of sp³-hybridized carbons (Fsp3) is 0.941. The largest absolute Gasteiger partial charge is 0.457 e. The third-order valence-electron chi connectivity index (χ3n) is 8.23. The number of hydrogen-bond donors (Lipinski definition) is 0. The molecule has 0 radical (unpaired) electrons. The van der Waals surface area contributed by atoms with Crippen molar-refractivity contribution in [1.82, 2.24) is 0 Å². The van der Waals surface area contributed by atoms with E-state index in [1.165, 1.54) is 129 Å². The summed E-state index contributed by atoms with van der Waals surface area (Å²) in [5.41, 5.74) is 0. The quantitative estimate of drug-likeness (QED) is 0.0378. The summed E-state index contributed by atoms with van der Waals surface area (Å²) in [6, 6.07) is 0. The van der Waals surface area contributed by atoms with Gasteiger partial charge in [0.25, 0.3) is 0 Å². The third kappa shape index (κ3) is 24.2. The fourth-order valence-corrected chi connectivity index (χ4v) is 5.56. The Hall–Kier alpha value is -1.02. The number of quaternary nitrogens is 1. The normalized spacial score (nSPS) is 15.3. The van der Waals surface area contributed by atoms with Crippen LogP contribution in [0.1, 0.15) is 136 Å². The minimum Gasteiger partial charge on any atom is -0.457 e. The molecule has 1 fully saturated rings. The van der Waals surface area contributed by atoms with Crippen LogP contribution < -0.4 is 0 Å². The van der Waals surface area contributed by atoms with Crippen molar-refractivity contribution in [2.24, 2.45) is 0 Å². The van der Waals surface area contributed by atoms with Gasteiger partial charge in [0, 0.05) is 19.4 Å². The monoisotopic (exact) mass is 584 g/mol. The Morgan fingerprint density at radius 3 is 1.61 bits per heavy atom. The average Bonchev–Trinajstić information content (AvgIpc) is 3.37. The van der Waals surface area contributed by atoms with Crippen LogP contribution in [0.2, 0.25) is 0 Å². The number of ketones is 1. The lowest BCUT2D eigenvalue weighted by Crippen LogP contribution is -2.43. The van der Waals surface area contributed by atoms with Gasteiger partial charge in [-0.15, -0.1) is 0 Å². The summed E-state index contributed by atoms with van der Waals surface area (Å²) in [4.78, 5) is 23.3. The lowest BCUT2D eigenvalue weighted by atomic mass is 10.0. The maximum absolute atomic E-state index is 12.0. The number of unbranched alkanes of at least 4 members (excludes halogenated alkanes) is 15. The van der Waals surface area contributed by atoms with Gasteiger partial charge in [0.05, 0.1) is 53.2 Å². The van der Waals surface area contributed by atoms with Crippen LogP contribution >= 0.6 is 0 Å². The van der Waals surface area contributed by atoms with E-state index in [1.807, 2.05) is 0 Å². The van der Waals surface area contributed by atoms with E-state index in [0.717, 1.165) is 24.1 Å². The van der Waals surface area contributed by atoms with Crippen LogP contribution in [0.15, 0.2) is 0 Å². The van der Waals surface area contributed by atoms with Crippen molar-refractivity contribution in [3.63, 3.8) is 0 Å². The summed E-state index contributed by atoms with van der Waals surface area (Å²) in [6.07, 6.45) is 23.4. The van der Waals surface area contributed by atoms with E-state index >= 15 is 0 Å². The molecule has 41 heavy (non-hydrogen) atoms. The average molecular weight is 585 g/mol. The first kappa shape index (κ1) is 38.0. The van der Waals surface area contributed by atoms with Crippen LogP contribution in [0.25, 0.3) is 0 Å². The molecule has 0 bridgehead atoms. The Morgan fingerprint density at radius 2 is 1.10 bits per heavy atom. The van der Waals surface area contributed by atoms with E-state index in [-0.39, 0.29) is 18.8 Å². The zero-order valence-electron chi connectivity index (χ0n) is 27.3. The Labute approximate surface area is 253 Å². The highest BCUT2D eigenvalue weighted by atomic mass is 16.6. The second-order valence-electron chi connectivity index (χ2n) is 12.6. The van der Waals surface area contributed by atoms with Gasteiger partial charge < -0.3 is 23.4 Å². The molecule has 1 aliphatic rings. The van der Waals surface area contributed by atoms with Crippen LogP contribution in [0.5, 0.6) is 0 Å². The van der Waals surface area contributed by atoms with Gasteiger partial charge in [-0.2, -0.15) is 0 Å². The van der Waals surface area contributed by atoms with Crippen LogP contribution in [-0.2, 0) is 28.5 Å². The van der Waals surface area contributed by atoms with Crippen molar-refractivity contribution in [3.05, 3.63) is 0 Å². The smallest absolute Gasteiger partial charge is 0.313 e. The van der Waals surface area contributed by atoms with E-state index in [1.54, 1.807) is 0 Å².